The third-order valence-electron chi connectivity index (χ3n) is 8.79. The van der Waals surface area contributed by atoms with Gasteiger partial charge in [0, 0.05) is 49.3 Å². The van der Waals surface area contributed by atoms with Crippen molar-refractivity contribution in [3.05, 3.63) is 158 Å². The lowest BCUT2D eigenvalue weighted by Crippen LogP contribution is -1.93. The SMILES string of the molecule is CNc1cccc(-c2cccc(-c3cc(-c4cccc(-c5cccc(NC)c5)c4)nc(-c4cccc(-c5cccc(NC)c5)c4)c3)c2)c1. The van der Waals surface area contributed by atoms with Crippen LogP contribution in [0.25, 0.3) is 67.0 Å². The minimum atomic E-state index is 0.930. The highest BCUT2D eigenvalue weighted by molar-refractivity contribution is 5.83. The van der Waals surface area contributed by atoms with Crippen molar-refractivity contribution in [2.75, 3.05) is 37.1 Å². The van der Waals surface area contributed by atoms with Crippen molar-refractivity contribution in [1.82, 2.24) is 4.98 Å². The highest BCUT2D eigenvalue weighted by atomic mass is 14.8. The van der Waals surface area contributed by atoms with Gasteiger partial charge >= 0.3 is 0 Å². The minimum absolute atomic E-state index is 0.930. The van der Waals surface area contributed by atoms with Crippen molar-refractivity contribution in [3.63, 3.8) is 0 Å². The molecule has 4 nitrogen and oxygen atoms in total. The topological polar surface area (TPSA) is 49.0 Å². The summed E-state index contributed by atoms with van der Waals surface area (Å²) in [5.41, 5.74) is 16.5. The molecule has 0 fully saturated rings. The Morgan fingerprint density at radius 2 is 0.562 bits per heavy atom. The van der Waals surface area contributed by atoms with E-state index in [1.165, 1.54) is 11.1 Å². The van der Waals surface area contributed by atoms with E-state index < -0.39 is 0 Å². The molecular formula is C44H38N4. The van der Waals surface area contributed by atoms with Gasteiger partial charge in [-0.15, -0.1) is 0 Å². The summed E-state index contributed by atoms with van der Waals surface area (Å²) >= 11 is 0. The number of aromatic nitrogens is 1. The van der Waals surface area contributed by atoms with Gasteiger partial charge in [-0.05, 0) is 111 Å². The quantitative estimate of drug-likeness (QED) is 0.150. The first kappa shape index (κ1) is 30.5. The average Bonchev–Trinajstić information content (AvgIpc) is 3.18. The van der Waals surface area contributed by atoms with Gasteiger partial charge in [-0.3, -0.25) is 0 Å². The molecule has 7 rings (SSSR count). The maximum Gasteiger partial charge on any atom is 0.0715 e. The van der Waals surface area contributed by atoms with Gasteiger partial charge in [0.1, 0.15) is 0 Å². The number of rotatable bonds is 9. The van der Waals surface area contributed by atoms with E-state index in [9.17, 15) is 0 Å². The first-order valence-electron chi connectivity index (χ1n) is 16.3. The Morgan fingerprint density at radius 3 is 0.917 bits per heavy atom. The third kappa shape index (κ3) is 6.55. The Labute approximate surface area is 283 Å². The largest absolute Gasteiger partial charge is 0.388 e. The Kier molecular flexibility index (Phi) is 8.71. The number of hydrogen-bond acceptors (Lipinski definition) is 4. The summed E-state index contributed by atoms with van der Waals surface area (Å²) in [6, 6.07) is 56.1. The molecule has 0 aliphatic rings. The molecule has 234 valence electrons. The third-order valence-corrected chi connectivity index (χ3v) is 8.79. The van der Waals surface area contributed by atoms with E-state index in [1.807, 2.05) is 21.1 Å². The molecule has 0 spiro atoms. The van der Waals surface area contributed by atoms with E-state index in [4.69, 9.17) is 4.98 Å². The van der Waals surface area contributed by atoms with Crippen molar-refractivity contribution in [3.8, 4) is 67.0 Å². The van der Waals surface area contributed by atoms with Crippen molar-refractivity contribution >= 4 is 17.1 Å². The first-order valence-corrected chi connectivity index (χ1v) is 16.3. The molecule has 0 aliphatic carbocycles. The molecule has 0 bridgehead atoms. The molecule has 0 amide bonds. The molecule has 0 saturated heterocycles. The molecule has 1 aromatic heterocycles. The van der Waals surface area contributed by atoms with Crippen molar-refractivity contribution in [2.45, 2.75) is 0 Å². The molecule has 0 radical (unpaired) electrons. The van der Waals surface area contributed by atoms with Gasteiger partial charge in [0.25, 0.3) is 0 Å². The molecule has 0 saturated carbocycles. The summed E-state index contributed by atoms with van der Waals surface area (Å²) in [6.07, 6.45) is 0. The number of hydrogen-bond donors (Lipinski definition) is 3. The normalized spacial score (nSPS) is 10.8. The lowest BCUT2D eigenvalue weighted by Gasteiger charge is -2.14. The van der Waals surface area contributed by atoms with Crippen LogP contribution < -0.4 is 16.0 Å². The predicted octanol–water partition coefficient (Wildman–Crippen LogP) is 11.2. The monoisotopic (exact) mass is 622 g/mol. The first-order chi connectivity index (χ1) is 23.6. The molecule has 4 heteroatoms. The predicted molar refractivity (Wildman–Crippen MR) is 205 cm³/mol. The van der Waals surface area contributed by atoms with Gasteiger partial charge < -0.3 is 16.0 Å². The summed E-state index contributed by atoms with van der Waals surface area (Å²) < 4.78 is 0. The number of benzene rings is 6. The van der Waals surface area contributed by atoms with Crippen molar-refractivity contribution < 1.29 is 0 Å². The zero-order valence-corrected chi connectivity index (χ0v) is 27.5. The van der Waals surface area contributed by atoms with Crippen molar-refractivity contribution in [1.29, 1.82) is 0 Å². The van der Waals surface area contributed by atoms with Crippen LogP contribution in [0.1, 0.15) is 0 Å². The van der Waals surface area contributed by atoms with Crippen LogP contribution in [-0.2, 0) is 0 Å². The molecule has 48 heavy (non-hydrogen) atoms. The molecule has 0 aliphatic heterocycles. The molecule has 0 unspecified atom stereocenters. The number of nitrogens with zero attached hydrogens (tertiary/aromatic N) is 1. The summed E-state index contributed by atoms with van der Waals surface area (Å²) in [5, 5.41) is 9.79. The fraction of sp³-hybridized carbons (Fsp3) is 0.0682. The van der Waals surface area contributed by atoms with E-state index in [2.05, 4.69) is 174 Å². The van der Waals surface area contributed by atoms with Crippen LogP contribution >= 0.6 is 0 Å². The Bertz CT molecular complexity index is 1960. The van der Waals surface area contributed by atoms with Gasteiger partial charge in [0.2, 0.25) is 0 Å². The maximum atomic E-state index is 5.31. The molecule has 0 atom stereocenters. The van der Waals surface area contributed by atoms with Gasteiger partial charge in [-0.2, -0.15) is 0 Å². The smallest absolute Gasteiger partial charge is 0.0715 e. The van der Waals surface area contributed by atoms with E-state index in [-0.39, 0.29) is 0 Å². The van der Waals surface area contributed by atoms with Crippen LogP contribution in [0.2, 0.25) is 0 Å². The average molecular weight is 623 g/mol. The summed E-state index contributed by atoms with van der Waals surface area (Å²) in [6.45, 7) is 0. The van der Waals surface area contributed by atoms with Gasteiger partial charge in [0.05, 0.1) is 11.4 Å². The van der Waals surface area contributed by atoms with E-state index in [0.29, 0.717) is 0 Å². The Balaban J connectivity index is 1.37. The van der Waals surface area contributed by atoms with Gasteiger partial charge in [-0.25, -0.2) is 4.98 Å². The number of nitrogens with one attached hydrogen (secondary N) is 3. The van der Waals surface area contributed by atoms with Crippen LogP contribution in [0, 0.1) is 0 Å². The maximum absolute atomic E-state index is 5.31. The second-order valence-electron chi connectivity index (χ2n) is 11.9. The van der Waals surface area contributed by atoms with Crippen LogP contribution in [-0.4, -0.2) is 26.1 Å². The highest BCUT2D eigenvalue weighted by Gasteiger charge is 2.12. The second kappa shape index (κ2) is 13.7. The highest BCUT2D eigenvalue weighted by Crippen LogP contribution is 2.35. The minimum Gasteiger partial charge on any atom is -0.388 e. The van der Waals surface area contributed by atoms with Gasteiger partial charge in [-0.1, -0.05) is 91.0 Å². The van der Waals surface area contributed by atoms with Crippen LogP contribution in [0.3, 0.4) is 0 Å². The fourth-order valence-corrected chi connectivity index (χ4v) is 6.15. The van der Waals surface area contributed by atoms with Crippen LogP contribution in [0.5, 0.6) is 0 Å². The van der Waals surface area contributed by atoms with E-state index in [0.717, 1.165) is 73.0 Å². The second-order valence-corrected chi connectivity index (χ2v) is 11.9. The molecule has 6 aromatic carbocycles. The fourth-order valence-electron chi connectivity index (χ4n) is 6.15. The molecule has 1 heterocycles. The lowest BCUT2D eigenvalue weighted by molar-refractivity contribution is 1.32. The summed E-state index contributed by atoms with van der Waals surface area (Å²) in [5.74, 6) is 0. The summed E-state index contributed by atoms with van der Waals surface area (Å²) in [4.78, 5) is 5.31. The Morgan fingerprint density at radius 1 is 0.292 bits per heavy atom. The number of pyridine rings is 1. The zero-order valence-electron chi connectivity index (χ0n) is 27.5. The zero-order chi connectivity index (χ0) is 32.9. The van der Waals surface area contributed by atoms with E-state index >= 15 is 0 Å². The molecule has 7 aromatic rings. The van der Waals surface area contributed by atoms with Crippen molar-refractivity contribution in [2.24, 2.45) is 0 Å². The molecule has 3 N–H and O–H groups in total. The standard InChI is InChI=1S/C44H38N4/c1-45-40-19-7-14-34(25-40)30-10-4-13-33(22-30)39-28-43(37-17-5-11-31(23-37)35-15-8-20-41(26-35)46-2)48-44(29-39)38-18-6-12-32(24-38)36-16-9-21-42(27-36)47-3/h4-29,45-47H,1-3H3. The summed E-state index contributed by atoms with van der Waals surface area (Å²) in [7, 11) is 5.85. The number of anilines is 3. The Hall–Kier alpha value is -6.13. The van der Waals surface area contributed by atoms with Crippen LogP contribution in [0.4, 0.5) is 17.1 Å². The van der Waals surface area contributed by atoms with Gasteiger partial charge in [0.15, 0.2) is 0 Å². The molecular weight excluding hydrogens is 585 g/mol. The van der Waals surface area contributed by atoms with E-state index in [1.54, 1.807) is 0 Å². The van der Waals surface area contributed by atoms with Crippen LogP contribution in [0.15, 0.2) is 158 Å². The lowest BCUT2D eigenvalue weighted by atomic mass is 9.95.